The van der Waals surface area contributed by atoms with E-state index >= 15 is 0 Å². The Labute approximate surface area is 208 Å². The van der Waals surface area contributed by atoms with Gasteiger partial charge in [-0.15, -0.1) is 0 Å². The minimum Gasteiger partial charge on any atom is -0.495 e. The van der Waals surface area contributed by atoms with Crippen molar-refractivity contribution < 1.29 is 22.3 Å². The van der Waals surface area contributed by atoms with Crippen LogP contribution in [0.1, 0.15) is 11.1 Å². The predicted molar refractivity (Wildman–Crippen MR) is 133 cm³/mol. The Morgan fingerprint density at radius 2 is 1.32 bits per heavy atom. The van der Waals surface area contributed by atoms with Crippen molar-refractivity contribution in [3.05, 3.63) is 101 Å². The third-order valence-electron chi connectivity index (χ3n) is 4.76. The lowest BCUT2D eigenvalue weighted by Crippen LogP contribution is -2.05. The van der Waals surface area contributed by atoms with E-state index in [1.54, 1.807) is 24.3 Å². The van der Waals surface area contributed by atoms with Gasteiger partial charge in [0.15, 0.2) is 5.82 Å². The fourth-order valence-electron chi connectivity index (χ4n) is 3.06. The van der Waals surface area contributed by atoms with Gasteiger partial charge >= 0.3 is 0 Å². The Kier molecular flexibility index (Phi) is 7.88. The summed E-state index contributed by atoms with van der Waals surface area (Å²) < 4.78 is 59.9. The van der Waals surface area contributed by atoms with Gasteiger partial charge in [-0.3, -0.25) is 5.43 Å². The number of hydrogen-bond acceptors (Lipinski definition) is 8. The van der Waals surface area contributed by atoms with E-state index < -0.39 is 23.3 Å². The van der Waals surface area contributed by atoms with Gasteiger partial charge in [-0.2, -0.15) is 20.2 Å². The summed E-state index contributed by atoms with van der Waals surface area (Å²) in [5, 5.41) is 10.8. The minimum absolute atomic E-state index is 0.0393. The molecule has 8 nitrogen and oxygen atoms in total. The molecule has 0 atom stereocenters. The normalized spacial score (nSPS) is 11.2. The number of para-hydroxylation sites is 2. The molecule has 12 heteroatoms. The molecule has 0 fully saturated rings. The fourth-order valence-corrected chi connectivity index (χ4v) is 3.06. The second-order valence-corrected chi connectivity index (χ2v) is 7.36. The molecule has 4 rings (SSSR count). The van der Waals surface area contributed by atoms with Gasteiger partial charge in [-0.05, 0) is 48.5 Å². The summed E-state index contributed by atoms with van der Waals surface area (Å²) in [6.45, 7) is 0. The Morgan fingerprint density at radius 1 is 0.730 bits per heavy atom. The lowest BCUT2D eigenvalue weighted by Gasteiger charge is -2.12. The van der Waals surface area contributed by atoms with Crippen molar-refractivity contribution in [2.45, 2.75) is 0 Å². The van der Waals surface area contributed by atoms with Crippen LogP contribution in [0.4, 0.5) is 40.8 Å². The van der Waals surface area contributed by atoms with Crippen LogP contribution in [0.5, 0.6) is 5.75 Å². The number of aromatic nitrogens is 2. The maximum atomic E-state index is 13.9. The topological polar surface area (TPSA) is 95.8 Å². The van der Waals surface area contributed by atoms with Crippen LogP contribution >= 0.6 is 0 Å². The Balaban J connectivity index is 1.59. The zero-order valence-electron chi connectivity index (χ0n) is 19.2. The number of halogens is 4. The van der Waals surface area contributed by atoms with Crippen LogP contribution in [0, 0.1) is 23.3 Å². The van der Waals surface area contributed by atoms with Gasteiger partial charge in [0.25, 0.3) is 0 Å². The lowest BCUT2D eigenvalue weighted by molar-refractivity contribution is 0.417. The minimum atomic E-state index is -0.666. The number of nitrogens with zero attached hydrogens (tertiary/aromatic N) is 4. The molecule has 0 radical (unpaired) electrons. The molecule has 0 unspecified atom stereocenters. The van der Waals surface area contributed by atoms with Gasteiger partial charge in [0, 0.05) is 17.2 Å². The molecule has 0 aliphatic heterocycles. The van der Waals surface area contributed by atoms with E-state index in [0.717, 1.165) is 48.8 Å². The SMILES string of the molecule is COc1ccccc1Nc1cc(NN=Cc2cc(F)ccc2F)nc(NN=Cc2cc(F)ccc2F)n1. The summed E-state index contributed by atoms with van der Waals surface area (Å²) in [6.07, 6.45) is 2.16. The lowest BCUT2D eigenvalue weighted by atomic mass is 10.2. The first-order valence-electron chi connectivity index (χ1n) is 10.7. The zero-order chi connectivity index (χ0) is 26.2. The molecule has 0 aliphatic carbocycles. The first-order valence-corrected chi connectivity index (χ1v) is 10.7. The molecule has 3 N–H and O–H groups in total. The second-order valence-electron chi connectivity index (χ2n) is 7.36. The molecule has 4 aromatic rings. The summed E-state index contributed by atoms with van der Waals surface area (Å²) in [6, 6.07) is 14.5. The summed E-state index contributed by atoms with van der Waals surface area (Å²) in [7, 11) is 1.51. The number of nitrogens with one attached hydrogen (secondary N) is 3. The maximum absolute atomic E-state index is 13.9. The van der Waals surface area contributed by atoms with E-state index in [2.05, 4.69) is 36.3 Å². The number of ether oxygens (including phenoxy) is 1. The summed E-state index contributed by atoms with van der Waals surface area (Å²) >= 11 is 0. The first-order chi connectivity index (χ1) is 17.9. The van der Waals surface area contributed by atoms with Crippen LogP contribution in [0.2, 0.25) is 0 Å². The zero-order valence-corrected chi connectivity index (χ0v) is 19.2. The van der Waals surface area contributed by atoms with Crippen LogP contribution in [0.15, 0.2) is 76.9 Å². The van der Waals surface area contributed by atoms with E-state index in [1.165, 1.54) is 13.2 Å². The molecule has 188 valence electrons. The molecule has 0 amide bonds. The van der Waals surface area contributed by atoms with E-state index in [9.17, 15) is 17.6 Å². The van der Waals surface area contributed by atoms with Crippen LogP contribution in [0.25, 0.3) is 0 Å². The number of hydrazone groups is 2. The van der Waals surface area contributed by atoms with E-state index in [0.29, 0.717) is 11.4 Å². The van der Waals surface area contributed by atoms with Gasteiger partial charge in [0.2, 0.25) is 5.95 Å². The summed E-state index contributed by atoms with van der Waals surface area (Å²) in [5.74, 6) is -1.63. The Morgan fingerprint density at radius 3 is 1.97 bits per heavy atom. The van der Waals surface area contributed by atoms with Crippen molar-refractivity contribution in [1.82, 2.24) is 9.97 Å². The molecule has 0 aliphatic rings. The van der Waals surface area contributed by atoms with Crippen molar-refractivity contribution >= 4 is 35.7 Å². The van der Waals surface area contributed by atoms with Crippen molar-refractivity contribution in [3.63, 3.8) is 0 Å². The molecule has 37 heavy (non-hydrogen) atoms. The molecule has 1 aromatic heterocycles. The molecule has 0 spiro atoms. The average Bonchev–Trinajstić information content (AvgIpc) is 2.88. The molecular weight excluding hydrogens is 490 g/mol. The van der Waals surface area contributed by atoms with Crippen LogP contribution in [-0.4, -0.2) is 29.5 Å². The van der Waals surface area contributed by atoms with E-state index in [4.69, 9.17) is 4.74 Å². The number of rotatable bonds is 9. The van der Waals surface area contributed by atoms with Crippen molar-refractivity contribution in [3.8, 4) is 5.75 Å². The highest BCUT2D eigenvalue weighted by molar-refractivity contribution is 5.81. The Hall–Kier alpha value is -5.00. The number of hydrogen-bond donors (Lipinski definition) is 3. The third kappa shape index (κ3) is 6.78. The highest BCUT2D eigenvalue weighted by Gasteiger charge is 2.08. The van der Waals surface area contributed by atoms with Crippen molar-refractivity contribution in [1.29, 1.82) is 0 Å². The largest absolute Gasteiger partial charge is 0.495 e. The van der Waals surface area contributed by atoms with Crippen molar-refractivity contribution in [2.75, 3.05) is 23.3 Å². The van der Waals surface area contributed by atoms with Gasteiger partial charge < -0.3 is 10.1 Å². The maximum Gasteiger partial charge on any atom is 0.247 e. The number of anilines is 4. The van der Waals surface area contributed by atoms with Gasteiger partial charge in [-0.25, -0.2) is 23.0 Å². The standard InChI is InChI=1S/C25H19F4N7O/c1-37-22-5-3-2-4-21(22)32-23-12-24(35-30-13-15-10-17(26)6-8-19(15)28)34-25(33-23)36-31-14-16-11-18(27)7-9-20(16)29/h2-14H,1H3,(H3,32,33,34,35,36). The molecule has 3 aromatic carbocycles. The molecule has 0 saturated carbocycles. The van der Waals surface area contributed by atoms with Crippen LogP contribution in [-0.2, 0) is 0 Å². The van der Waals surface area contributed by atoms with Gasteiger partial charge in [-0.1, -0.05) is 12.1 Å². The van der Waals surface area contributed by atoms with Crippen LogP contribution in [0.3, 0.4) is 0 Å². The monoisotopic (exact) mass is 509 g/mol. The van der Waals surface area contributed by atoms with Gasteiger partial charge in [0.05, 0.1) is 25.2 Å². The average molecular weight is 509 g/mol. The van der Waals surface area contributed by atoms with Crippen LogP contribution < -0.4 is 20.9 Å². The fraction of sp³-hybridized carbons (Fsp3) is 0.0400. The molecular formula is C25H19F4N7O. The molecule has 0 saturated heterocycles. The van der Waals surface area contributed by atoms with E-state index in [-0.39, 0.29) is 28.7 Å². The Bertz CT molecular complexity index is 1380. The molecule has 1 heterocycles. The summed E-state index contributed by atoms with van der Waals surface area (Å²) in [4.78, 5) is 8.49. The molecule has 0 bridgehead atoms. The quantitative estimate of drug-likeness (QED) is 0.153. The van der Waals surface area contributed by atoms with E-state index in [1.807, 2.05) is 0 Å². The smallest absolute Gasteiger partial charge is 0.247 e. The second kappa shape index (κ2) is 11.6. The third-order valence-corrected chi connectivity index (χ3v) is 4.76. The summed E-state index contributed by atoms with van der Waals surface area (Å²) in [5.41, 5.74) is 5.59. The number of benzene rings is 3. The highest BCUT2D eigenvalue weighted by Crippen LogP contribution is 2.27. The van der Waals surface area contributed by atoms with Gasteiger partial charge in [0.1, 0.15) is 34.8 Å². The number of methoxy groups -OCH3 is 1. The van der Waals surface area contributed by atoms with Crippen molar-refractivity contribution in [2.24, 2.45) is 10.2 Å². The highest BCUT2D eigenvalue weighted by atomic mass is 19.1. The first kappa shape index (κ1) is 25.1. The predicted octanol–water partition coefficient (Wildman–Crippen LogP) is 5.68.